The number of piperazine rings is 1. The van der Waals surface area contributed by atoms with Crippen molar-refractivity contribution < 1.29 is 9.59 Å². The predicted octanol–water partition coefficient (Wildman–Crippen LogP) is 4.27. The molecule has 3 aromatic rings. The first-order valence-corrected chi connectivity index (χ1v) is 11.6. The van der Waals surface area contributed by atoms with Gasteiger partial charge in [0, 0.05) is 37.4 Å². The van der Waals surface area contributed by atoms with Gasteiger partial charge in [-0.2, -0.15) is 5.10 Å². The molecule has 0 spiro atoms. The molecule has 1 fully saturated rings. The van der Waals surface area contributed by atoms with Crippen LogP contribution in [0.5, 0.6) is 0 Å². The van der Waals surface area contributed by atoms with Gasteiger partial charge in [0.15, 0.2) is 0 Å². The van der Waals surface area contributed by atoms with E-state index in [1.54, 1.807) is 0 Å². The molecule has 0 atom stereocenters. The zero-order valence-electron chi connectivity index (χ0n) is 19.9. The maximum absolute atomic E-state index is 13.3. The van der Waals surface area contributed by atoms with Crippen LogP contribution in [-0.2, 0) is 6.54 Å². The van der Waals surface area contributed by atoms with Gasteiger partial charge < -0.3 is 9.80 Å². The predicted molar refractivity (Wildman–Crippen MR) is 130 cm³/mol. The largest absolute Gasteiger partial charge is 0.335 e. The summed E-state index contributed by atoms with van der Waals surface area (Å²) in [7, 11) is 0. The lowest BCUT2D eigenvalue weighted by Crippen LogP contribution is -2.50. The second kappa shape index (κ2) is 9.61. The molecule has 0 bridgehead atoms. The Labute approximate surface area is 195 Å². The van der Waals surface area contributed by atoms with E-state index >= 15 is 0 Å². The third kappa shape index (κ3) is 4.85. The first kappa shape index (κ1) is 22.8. The van der Waals surface area contributed by atoms with E-state index in [2.05, 4.69) is 31.1 Å². The van der Waals surface area contributed by atoms with Crippen LogP contribution < -0.4 is 0 Å². The molecule has 0 aliphatic carbocycles. The fourth-order valence-corrected chi connectivity index (χ4v) is 4.38. The van der Waals surface area contributed by atoms with Gasteiger partial charge >= 0.3 is 0 Å². The van der Waals surface area contributed by atoms with Gasteiger partial charge in [-0.1, -0.05) is 56.3 Å². The molecule has 0 radical (unpaired) electrons. The number of carbonyl (C=O) groups excluding carboxylic acids is 2. The van der Waals surface area contributed by atoms with Gasteiger partial charge in [0.2, 0.25) is 0 Å². The normalized spacial score (nSPS) is 14.1. The Bertz CT molecular complexity index is 1120. The third-order valence-corrected chi connectivity index (χ3v) is 6.45. The van der Waals surface area contributed by atoms with Crippen LogP contribution >= 0.6 is 0 Å². The number of nitrogens with zero attached hydrogens (tertiary/aromatic N) is 4. The van der Waals surface area contributed by atoms with Gasteiger partial charge in [-0.25, -0.2) is 0 Å². The number of hydrogen-bond acceptors (Lipinski definition) is 3. The van der Waals surface area contributed by atoms with Crippen LogP contribution in [0.2, 0.25) is 0 Å². The van der Waals surface area contributed by atoms with Crippen molar-refractivity contribution in [1.29, 1.82) is 0 Å². The molecule has 2 aromatic carbocycles. The molecule has 0 N–H and O–H groups in total. The monoisotopic (exact) mass is 444 g/mol. The zero-order chi connectivity index (χ0) is 23.5. The molecule has 1 aliphatic rings. The molecule has 1 aliphatic heterocycles. The van der Waals surface area contributed by atoms with Crippen LogP contribution in [-0.4, -0.2) is 57.6 Å². The van der Waals surface area contributed by atoms with E-state index in [9.17, 15) is 9.59 Å². The molecule has 0 saturated carbocycles. The van der Waals surface area contributed by atoms with Gasteiger partial charge in [-0.05, 0) is 43.0 Å². The highest BCUT2D eigenvalue weighted by Crippen LogP contribution is 2.20. The number of hydrogen-bond donors (Lipinski definition) is 0. The molecule has 2 heterocycles. The SMILES string of the molecule is Cc1nn(Cc2ccccc2)c(C)c1C(=O)N1CCN(C(=O)c2ccc(C(C)C)cc2)CC1. The van der Waals surface area contributed by atoms with Crippen LogP contribution in [0.4, 0.5) is 0 Å². The van der Waals surface area contributed by atoms with E-state index in [4.69, 9.17) is 0 Å². The Balaban J connectivity index is 1.41. The molecular weight excluding hydrogens is 412 g/mol. The minimum absolute atomic E-state index is 0.00213. The van der Waals surface area contributed by atoms with Crippen LogP contribution in [0.1, 0.15) is 63.0 Å². The van der Waals surface area contributed by atoms with Crippen molar-refractivity contribution in [2.24, 2.45) is 0 Å². The fraction of sp³-hybridized carbons (Fsp3) is 0.370. The summed E-state index contributed by atoms with van der Waals surface area (Å²) in [5, 5.41) is 4.63. The summed E-state index contributed by atoms with van der Waals surface area (Å²) in [5.41, 5.74) is 5.38. The van der Waals surface area contributed by atoms with Gasteiger partial charge in [-0.15, -0.1) is 0 Å². The molecule has 6 nitrogen and oxygen atoms in total. The maximum Gasteiger partial charge on any atom is 0.257 e. The van der Waals surface area contributed by atoms with Gasteiger partial charge in [0.25, 0.3) is 11.8 Å². The van der Waals surface area contributed by atoms with Crippen molar-refractivity contribution in [1.82, 2.24) is 19.6 Å². The first-order valence-electron chi connectivity index (χ1n) is 11.6. The Morgan fingerprint density at radius 2 is 1.42 bits per heavy atom. The molecule has 1 saturated heterocycles. The second-order valence-corrected chi connectivity index (χ2v) is 9.05. The second-order valence-electron chi connectivity index (χ2n) is 9.05. The minimum atomic E-state index is -0.00213. The van der Waals surface area contributed by atoms with Crippen LogP contribution in [0.15, 0.2) is 54.6 Å². The third-order valence-electron chi connectivity index (χ3n) is 6.45. The van der Waals surface area contributed by atoms with E-state index in [-0.39, 0.29) is 11.8 Å². The Kier molecular flexibility index (Phi) is 6.63. The van der Waals surface area contributed by atoms with E-state index in [0.29, 0.717) is 49.8 Å². The van der Waals surface area contributed by atoms with E-state index < -0.39 is 0 Å². The summed E-state index contributed by atoms with van der Waals surface area (Å²) in [6.07, 6.45) is 0. The lowest BCUT2D eigenvalue weighted by atomic mass is 10.0. The van der Waals surface area contributed by atoms with Crippen molar-refractivity contribution in [3.05, 3.63) is 88.2 Å². The molecule has 1 aromatic heterocycles. The molecule has 172 valence electrons. The summed E-state index contributed by atoms with van der Waals surface area (Å²) >= 11 is 0. The summed E-state index contributed by atoms with van der Waals surface area (Å²) in [6, 6.07) is 18.0. The number of aromatic nitrogens is 2. The fourth-order valence-electron chi connectivity index (χ4n) is 4.38. The maximum atomic E-state index is 13.3. The van der Waals surface area contributed by atoms with Crippen molar-refractivity contribution in [2.45, 2.75) is 40.2 Å². The Hall–Kier alpha value is -3.41. The van der Waals surface area contributed by atoms with Crippen molar-refractivity contribution in [3.63, 3.8) is 0 Å². The standard InChI is InChI=1S/C27H32N4O2/c1-19(2)23-10-12-24(13-11-23)26(32)29-14-16-30(17-15-29)27(33)25-20(3)28-31(21(25)4)18-22-8-6-5-7-9-22/h5-13,19H,14-18H2,1-4H3. The molecule has 0 unspecified atom stereocenters. The zero-order valence-corrected chi connectivity index (χ0v) is 19.9. The van der Waals surface area contributed by atoms with Crippen LogP contribution in [0.3, 0.4) is 0 Å². The Morgan fingerprint density at radius 1 is 0.848 bits per heavy atom. The number of amides is 2. The summed E-state index contributed by atoms with van der Waals surface area (Å²) < 4.78 is 1.90. The lowest BCUT2D eigenvalue weighted by Gasteiger charge is -2.35. The van der Waals surface area contributed by atoms with Gasteiger partial charge in [0.05, 0.1) is 17.8 Å². The number of aryl methyl sites for hydroxylation is 1. The molecule has 33 heavy (non-hydrogen) atoms. The van der Waals surface area contributed by atoms with E-state index in [0.717, 1.165) is 17.0 Å². The van der Waals surface area contributed by atoms with Crippen molar-refractivity contribution in [3.8, 4) is 0 Å². The number of rotatable bonds is 5. The Morgan fingerprint density at radius 3 is 2.00 bits per heavy atom. The average Bonchev–Trinajstić information content (AvgIpc) is 3.11. The summed E-state index contributed by atoms with van der Waals surface area (Å²) in [5.74, 6) is 0.464. The highest BCUT2D eigenvalue weighted by Gasteiger charge is 2.28. The molecule has 6 heteroatoms. The van der Waals surface area contributed by atoms with Crippen LogP contribution in [0.25, 0.3) is 0 Å². The quantitative estimate of drug-likeness (QED) is 0.591. The van der Waals surface area contributed by atoms with Crippen molar-refractivity contribution >= 4 is 11.8 Å². The topological polar surface area (TPSA) is 58.4 Å². The smallest absolute Gasteiger partial charge is 0.257 e. The van der Waals surface area contributed by atoms with Gasteiger partial charge in [0.1, 0.15) is 0 Å². The first-order chi connectivity index (χ1) is 15.8. The highest BCUT2D eigenvalue weighted by molar-refractivity contribution is 5.97. The van der Waals surface area contributed by atoms with E-state index in [1.807, 2.05) is 70.8 Å². The molecular formula is C27H32N4O2. The van der Waals surface area contributed by atoms with E-state index in [1.165, 1.54) is 5.56 Å². The molecule has 4 rings (SSSR count). The van der Waals surface area contributed by atoms with Crippen LogP contribution in [0, 0.1) is 13.8 Å². The lowest BCUT2D eigenvalue weighted by molar-refractivity contribution is 0.0534. The van der Waals surface area contributed by atoms with Gasteiger partial charge in [-0.3, -0.25) is 14.3 Å². The van der Waals surface area contributed by atoms with Crippen molar-refractivity contribution in [2.75, 3.05) is 26.2 Å². The highest BCUT2D eigenvalue weighted by atomic mass is 16.2. The summed E-state index contributed by atoms with van der Waals surface area (Å²) in [4.78, 5) is 29.9. The number of carbonyl (C=O) groups is 2. The minimum Gasteiger partial charge on any atom is -0.335 e. The molecule has 2 amide bonds. The average molecular weight is 445 g/mol. The summed E-state index contributed by atoms with van der Waals surface area (Å²) in [6.45, 7) is 10.9. The number of benzene rings is 2.